The number of aromatic hydroxyl groups is 1. The number of hydrogen-bond donors (Lipinski definition) is 1. The molecule has 0 saturated carbocycles. The van der Waals surface area contributed by atoms with Gasteiger partial charge in [-0.05, 0) is 29.7 Å². The van der Waals surface area contributed by atoms with Crippen LogP contribution in [0.5, 0.6) is 5.75 Å². The van der Waals surface area contributed by atoms with Gasteiger partial charge in [0.05, 0.1) is 0 Å². The molecular weight excluding hydrogens is 188 g/mol. The van der Waals surface area contributed by atoms with Gasteiger partial charge in [-0.15, -0.1) is 0 Å². The topological polar surface area (TPSA) is 37.3 Å². The van der Waals surface area contributed by atoms with Crippen molar-refractivity contribution >= 4 is 11.9 Å². The monoisotopic (exact) mass is 204 g/mol. The average Bonchev–Trinajstić information content (AvgIpc) is 2.16. The Kier molecular flexibility index (Phi) is 4.10. The summed E-state index contributed by atoms with van der Waals surface area (Å²) in [6, 6.07) is 6.75. The molecule has 0 heterocycles. The normalized spacial score (nSPS) is 11.1. The Morgan fingerprint density at radius 2 is 1.93 bits per heavy atom. The zero-order valence-corrected chi connectivity index (χ0v) is 9.10. The van der Waals surface area contributed by atoms with E-state index in [-0.39, 0.29) is 11.5 Å². The van der Waals surface area contributed by atoms with Gasteiger partial charge in [0.25, 0.3) is 0 Å². The van der Waals surface area contributed by atoms with Crippen LogP contribution in [0.2, 0.25) is 0 Å². The Hall–Kier alpha value is -1.57. The molecule has 0 fully saturated rings. The Morgan fingerprint density at radius 3 is 2.47 bits per heavy atom. The summed E-state index contributed by atoms with van der Waals surface area (Å²) in [6.45, 7) is 4.04. The summed E-state index contributed by atoms with van der Waals surface area (Å²) in [7, 11) is 0. The van der Waals surface area contributed by atoms with Crippen molar-refractivity contribution in [2.45, 2.75) is 20.3 Å². The lowest BCUT2D eigenvalue weighted by molar-refractivity contribution is -0.115. The van der Waals surface area contributed by atoms with Crippen molar-refractivity contribution in [1.82, 2.24) is 0 Å². The molecule has 0 bridgehead atoms. The predicted octanol–water partition coefficient (Wildman–Crippen LogP) is 3.02. The fraction of sp³-hybridized carbons (Fsp3) is 0.308. The third kappa shape index (κ3) is 4.45. The highest BCUT2D eigenvalue weighted by atomic mass is 16.3. The lowest BCUT2D eigenvalue weighted by Gasteiger charge is -1.98. The van der Waals surface area contributed by atoms with E-state index in [1.165, 1.54) is 0 Å². The lowest BCUT2D eigenvalue weighted by atomic mass is 10.1. The number of carbonyl (C=O) groups excluding carboxylic acids is 1. The number of carbonyl (C=O) groups is 1. The van der Waals surface area contributed by atoms with Crippen molar-refractivity contribution in [2.24, 2.45) is 5.92 Å². The summed E-state index contributed by atoms with van der Waals surface area (Å²) in [6.07, 6.45) is 3.94. The van der Waals surface area contributed by atoms with E-state index < -0.39 is 0 Å². The van der Waals surface area contributed by atoms with Gasteiger partial charge in [0.1, 0.15) is 5.75 Å². The SMILES string of the molecule is CC(C)CC(=O)C=Cc1ccc(O)cc1. The van der Waals surface area contributed by atoms with Crippen LogP contribution in [-0.2, 0) is 4.79 Å². The molecule has 2 heteroatoms. The number of hydrogen-bond acceptors (Lipinski definition) is 2. The smallest absolute Gasteiger partial charge is 0.155 e. The highest BCUT2D eigenvalue weighted by molar-refractivity contribution is 5.93. The summed E-state index contributed by atoms with van der Waals surface area (Å²) in [5.41, 5.74) is 0.921. The molecule has 1 N–H and O–H groups in total. The quantitative estimate of drug-likeness (QED) is 0.765. The van der Waals surface area contributed by atoms with Gasteiger partial charge in [-0.1, -0.05) is 32.1 Å². The van der Waals surface area contributed by atoms with Crippen molar-refractivity contribution in [1.29, 1.82) is 0 Å². The second-order valence-electron chi connectivity index (χ2n) is 3.99. The maximum absolute atomic E-state index is 11.4. The van der Waals surface area contributed by atoms with Crippen LogP contribution >= 0.6 is 0 Å². The van der Waals surface area contributed by atoms with Crippen molar-refractivity contribution in [3.63, 3.8) is 0 Å². The minimum atomic E-state index is 0.137. The molecule has 0 aliphatic heterocycles. The summed E-state index contributed by atoms with van der Waals surface area (Å²) in [5.74, 6) is 0.765. The van der Waals surface area contributed by atoms with Crippen LogP contribution < -0.4 is 0 Å². The Morgan fingerprint density at radius 1 is 1.33 bits per heavy atom. The van der Waals surface area contributed by atoms with Crippen LogP contribution in [0.4, 0.5) is 0 Å². The maximum Gasteiger partial charge on any atom is 0.155 e. The third-order valence-corrected chi connectivity index (χ3v) is 1.96. The molecule has 2 nitrogen and oxygen atoms in total. The van der Waals surface area contributed by atoms with Gasteiger partial charge in [-0.25, -0.2) is 0 Å². The molecule has 0 saturated heterocycles. The molecule has 0 aliphatic rings. The van der Waals surface area contributed by atoms with E-state index in [9.17, 15) is 4.79 Å². The largest absolute Gasteiger partial charge is 0.508 e. The highest BCUT2D eigenvalue weighted by Crippen LogP contribution is 2.11. The molecule has 15 heavy (non-hydrogen) atoms. The molecule has 0 radical (unpaired) electrons. The molecule has 80 valence electrons. The predicted molar refractivity (Wildman–Crippen MR) is 61.6 cm³/mol. The van der Waals surface area contributed by atoms with Crippen molar-refractivity contribution in [2.75, 3.05) is 0 Å². The van der Waals surface area contributed by atoms with Crippen LogP contribution in [0.25, 0.3) is 6.08 Å². The van der Waals surface area contributed by atoms with E-state index in [1.807, 2.05) is 13.8 Å². The zero-order valence-electron chi connectivity index (χ0n) is 9.10. The molecule has 1 aromatic carbocycles. The molecule has 0 aliphatic carbocycles. The average molecular weight is 204 g/mol. The molecular formula is C13H16O2. The van der Waals surface area contributed by atoms with Crippen LogP contribution in [0, 0.1) is 5.92 Å². The summed E-state index contributed by atoms with van der Waals surface area (Å²) < 4.78 is 0. The molecule has 0 aromatic heterocycles. The minimum Gasteiger partial charge on any atom is -0.508 e. The van der Waals surface area contributed by atoms with Crippen LogP contribution in [0.15, 0.2) is 30.3 Å². The summed E-state index contributed by atoms with van der Waals surface area (Å²) >= 11 is 0. The first-order valence-corrected chi connectivity index (χ1v) is 5.08. The fourth-order valence-corrected chi connectivity index (χ4v) is 1.25. The van der Waals surface area contributed by atoms with Crippen LogP contribution in [0.1, 0.15) is 25.8 Å². The molecule has 0 unspecified atom stereocenters. The standard InChI is InChI=1S/C13H16O2/c1-10(2)9-13(15)8-5-11-3-6-12(14)7-4-11/h3-8,10,14H,9H2,1-2H3. The molecule has 1 aromatic rings. The number of rotatable bonds is 4. The second kappa shape index (κ2) is 5.35. The van der Waals surface area contributed by atoms with Gasteiger partial charge >= 0.3 is 0 Å². The van der Waals surface area contributed by atoms with Gasteiger partial charge in [-0.3, -0.25) is 4.79 Å². The number of phenolic OH excluding ortho intramolecular Hbond substituents is 1. The molecule has 0 atom stereocenters. The Labute approximate surface area is 90.3 Å². The van der Waals surface area contributed by atoms with E-state index in [0.29, 0.717) is 12.3 Å². The minimum absolute atomic E-state index is 0.137. The third-order valence-electron chi connectivity index (χ3n) is 1.96. The first-order chi connectivity index (χ1) is 7.08. The first kappa shape index (κ1) is 11.5. The summed E-state index contributed by atoms with van der Waals surface area (Å²) in [4.78, 5) is 11.4. The first-order valence-electron chi connectivity index (χ1n) is 5.08. The number of phenols is 1. The number of benzene rings is 1. The van der Waals surface area contributed by atoms with E-state index >= 15 is 0 Å². The zero-order chi connectivity index (χ0) is 11.3. The van der Waals surface area contributed by atoms with E-state index in [4.69, 9.17) is 5.11 Å². The van der Waals surface area contributed by atoms with E-state index in [1.54, 1.807) is 36.4 Å². The Balaban J connectivity index is 2.57. The van der Waals surface area contributed by atoms with Crippen molar-refractivity contribution < 1.29 is 9.90 Å². The van der Waals surface area contributed by atoms with Crippen LogP contribution in [-0.4, -0.2) is 10.9 Å². The number of ketones is 1. The molecule has 1 rings (SSSR count). The molecule has 0 amide bonds. The van der Waals surface area contributed by atoms with E-state index in [2.05, 4.69) is 0 Å². The van der Waals surface area contributed by atoms with Gasteiger partial charge in [0, 0.05) is 6.42 Å². The van der Waals surface area contributed by atoms with E-state index in [0.717, 1.165) is 5.56 Å². The van der Waals surface area contributed by atoms with Gasteiger partial charge in [-0.2, -0.15) is 0 Å². The van der Waals surface area contributed by atoms with Crippen LogP contribution in [0.3, 0.4) is 0 Å². The molecule has 0 spiro atoms. The van der Waals surface area contributed by atoms with Crippen molar-refractivity contribution in [3.8, 4) is 5.75 Å². The van der Waals surface area contributed by atoms with Crippen molar-refractivity contribution in [3.05, 3.63) is 35.9 Å². The highest BCUT2D eigenvalue weighted by Gasteiger charge is 2.00. The summed E-state index contributed by atoms with van der Waals surface area (Å²) in [5, 5.41) is 9.06. The lowest BCUT2D eigenvalue weighted by Crippen LogP contribution is -1.98. The van der Waals surface area contributed by atoms with Gasteiger partial charge < -0.3 is 5.11 Å². The number of allylic oxidation sites excluding steroid dienone is 1. The van der Waals surface area contributed by atoms with Gasteiger partial charge in [0.15, 0.2) is 5.78 Å². The maximum atomic E-state index is 11.4. The second-order valence-corrected chi connectivity index (χ2v) is 3.99. The van der Waals surface area contributed by atoms with Gasteiger partial charge in [0.2, 0.25) is 0 Å². The Bertz CT molecular complexity index is 347. The fourth-order valence-electron chi connectivity index (χ4n) is 1.25.